The van der Waals surface area contributed by atoms with Crippen LogP contribution in [0.2, 0.25) is 0 Å². The number of aryl methyl sites for hydroxylation is 2. The molecule has 0 spiro atoms. The van der Waals surface area contributed by atoms with Gasteiger partial charge in [-0.2, -0.15) is 0 Å². The molecule has 2 aromatic carbocycles. The summed E-state index contributed by atoms with van der Waals surface area (Å²) in [6.45, 7) is 7.72. The van der Waals surface area contributed by atoms with Crippen LogP contribution in [0, 0.1) is 13.8 Å². The van der Waals surface area contributed by atoms with Crippen LogP contribution in [0.4, 0.5) is 5.69 Å². The van der Waals surface area contributed by atoms with Crippen LogP contribution in [0.1, 0.15) is 67.9 Å². The van der Waals surface area contributed by atoms with E-state index in [-0.39, 0.29) is 23.8 Å². The Hall–Kier alpha value is -2.99. The number of fused-ring (bicyclic) bond motifs is 1. The van der Waals surface area contributed by atoms with Crippen LogP contribution in [0.5, 0.6) is 0 Å². The molecule has 3 amide bonds. The fourth-order valence-corrected chi connectivity index (χ4v) is 5.27. The quantitative estimate of drug-likeness (QED) is 0.691. The van der Waals surface area contributed by atoms with Crippen molar-refractivity contribution in [2.45, 2.75) is 45.6 Å². The van der Waals surface area contributed by atoms with E-state index in [1.807, 2.05) is 36.9 Å². The van der Waals surface area contributed by atoms with E-state index in [4.69, 9.17) is 0 Å². The monoisotopic (exact) mass is 431 g/mol. The second-order valence-corrected chi connectivity index (χ2v) is 9.30. The lowest BCUT2D eigenvalue weighted by molar-refractivity contribution is 0.0708. The van der Waals surface area contributed by atoms with Crippen molar-refractivity contribution in [1.29, 1.82) is 0 Å². The van der Waals surface area contributed by atoms with Crippen molar-refractivity contribution in [2.75, 3.05) is 31.1 Å². The molecule has 6 heteroatoms. The first-order valence-electron chi connectivity index (χ1n) is 11.6. The summed E-state index contributed by atoms with van der Waals surface area (Å²) in [4.78, 5) is 45.3. The maximum atomic E-state index is 13.4. The SMILES string of the molecule is Cc1ccc(C)c(N2C(=O)c3ccc(C(=O)N4CCCC4CN4CCCC4)cc3C2=O)c1. The van der Waals surface area contributed by atoms with Gasteiger partial charge in [0.2, 0.25) is 0 Å². The predicted octanol–water partition coefficient (Wildman–Crippen LogP) is 3.80. The lowest BCUT2D eigenvalue weighted by Crippen LogP contribution is -2.42. The molecule has 2 aromatic rings. The summed E-state index contributed by atoms with van der Waals surface area (Å²) in [5.41, 5.74) is 3.62. The van der Waals surface area contributed by atoms with Gasteiger partial charge in [0.25, 0.3) is 17.7 Å². The Balaban J connectivity index is 1.41. The second-order valence-electron chi connectivity index (χ2n) is 9.30. The zero-order chi connectivity index (χ0) is 22.4. The summed E-state index contributed by atoms with van der Waals surface area (Å²) in [6.07, 6.45) is 4.50. The molecule has 2 fully saturated rings. The topological polar surface area (TPSA) is 60.9 Å². The van der Waals surface area contributed by atoms with Crippen LogP contribution in [0.3, 0.4) is 0 Å². The minimum atomic E-state index is -0.358. The standard InChI is InChI=1S/C26H29N3O3/c1-17-7-8-18(2)23(14-17)29-25(31)21-10-9-19(15-22(21)26(29)32)24(30)28-13-5-6-20(28)16-27-11-3-4-12-27/h7-10,14-15,20H,3-6,11-13,16H2,1-2H3. The number of anilines is 1. The third-order valence-electron chi connectivity index (χ3n) is 7.04. The number of imide groups is 1. The highest BCUT2D eigenvalue weighted by Crippen LogP contribution is 2.32. The number of nitrogens with zero attached hydrogens (tertiary/aromatic N) is 3. The van der Waals surface area contributed by atoms with Crippen molar-refractivity contribution in [3.8, 4) is 0 Å². The number of benzene rings is 2. The Labute approximate surface area is 188 Å². The highest BCUT2D eigenvalue weighted by Gasteiger charge is 2.39. The molecule has 0 saturated carbocycles. The fourth-order valence-electron chi connectivity index (χ4n) is 5.27. The summed E-state index contributed by atoms with van der Waals surface area (Å²) in [7, 11) is 0. The van der Waals surface area contributed by atoms with E-state index in [2.05, 4.69) is 4.90 Å². The van der Waals surface area contributed by atoms with E-state index in [1.165, 1.54) is 17.7 Å². The first kappa shape index (κ1) is 20.9. The van der Waals surface area contributed by atoms with Gasteiger partial charge in [-0.3, -0.25) is 14.4 Å². The van der Waals surface area contributed by atoms with Gasteiger partial charge in [0, 0.05) is 24.7 Å². The normalized spacial score (nSPS) is 21.0. The van der Waals surface area contributed by atoms with Crippen LogP contribution in [-0.2, 0) is 0 Å². The van der Waals surface area contributed by atoms with Crippen molar-refractivity contribution in [2.24, 2.45) is 0 Å². The zero-order valence-electron chi connectivity index (χ0n) is 18.8. The minimum absolute atomic E-state index is 0.0417. The molecule has 0 radical (unpaired) electrons. The third kappa shape index (κ3) is 3.52. The van der Waals surface area contributed by atoms with Crippen molar-refractivity contribution in [3.63, 3.8) is 0 Å². The van der Waals surface area contributed by atoms with Crippen LogP contribution in [-0.4, -0.2) is 59.7 Å². The summed E-state index contributed by atoms with van der Waals surface area (Å²) in [5, 5.41) is 0. The molecular formula is C26H29N3O3. The molecule has 0 aliphatic carbocycles. The van der Waals surface area contributed by atoms with Gasteiger partial charge in [0.15, 0.2) is 0 Å². The molecule has 166 valence electrons. The van der Waals surface area contributed by atoms with Crippen LogP contribution in [0.15, 0.2) is 36.4 Å². The van der Waals surface area contributed by atoms with Crippen molar-refractivity contribution in [1.82, 2.24) is 9.80 Å². The number of hydrogen-bond donors (Lipinski definition) is 0. The molecule has 5 rings (SSSR count). The fraction of sp³-hybridized carbons (Fsp3) is 0.423. The maximum absolute atomic E-state index is 13.4. The number of rotatable bonds is 4. The molecular weight excluding hydrogens is 402 g/mol. The molecule has 32 heavy (non-hydrogen) atoms. The molecule has 6 nitrogen and oxygen atoms in total. The average Bonchev–Trinajstić information content (AvgIpc) is 3.52. The lowest BCUT2D eigenvalue weighted by atomic mass is 10.0. The van der Waals surface area contributed by atoms with Crippen LogP contribution < -0.4 is 4.90 Å². The first-order valence-corrected chi connectivity index (χ1v) is 11.6. The zero-order valence-corrected chi connectivity index (χ0v) is 18.8. The van der Waals surface area contributed by atoms with Gasteiger partial charge >= 0.3 is 0 Å². The highest BCUT2D eigenvalue weighted by atomic mass is 16.2. The lowest BCUT2D eigenvalue weighted by Gasteiger charge is -2.28. The molecule has 3 aliphatic heterocycles. The molecule has 2 saturated heterocycles. The van der Waals surface area contributed by atoms with Crippen LogP contribution in [0.25, 0.3) is 0 Å². The molecule has 0 bridgehead atoms. The first-order chi connectivity index (χ1) is 15.4. The molecule has 3 heterocycles. The summed E-state index contributed by atoms with van der Waals surface area (Å²) < 4.78 is 0. The van der Waals surface area contributed by atoms with E-state index < -0.39 is 0 Å². The van der Waals surface area contributed by atoms with Gasteiger partial charge < -0.3 is 9.80 Å². The second kappa shape index (κ2) is 8.17. The number of carbonyl (C=O) groups is 3. The largest absolute Gasteiger partial charge is 0.334 e. The van der Waals surface area contributed by atoms with Gasteiger partial charge in [-0.25, -0.2) is 4.90 Å². The summed E-state index contributed by atoms with van der Waals surface area (Å²) in [6, 6.07) is 10.9. The summed E-state index contributed by atoms with van der Waals surface area (Å²) in [5.74, 6) is -0.728. The maximum Gasteiger partial charge on any atom is 0.266 e. The van der Waals surface area contributed by atoms with Crippen molar-refractivity contribution < 1.29 is 14.4 Å². The summed E-state index contributed by atoms with van der Waals surface area (Å²) >= 11 is 0. The molecule has 1 unspecified atom stereocenters. The van der Waals surface area contributed by atoms with Crippen molar-refractivity contribution in [3.05, 3.63) is 64.2 Å². The van der Waals surface area contributed by atoms with Gasteiger partial charge in [0.05, 0.1) is 16.8 Å². The van der Waals surface area contributed by atoms with Crippen molar-refractivity contribution >= 4 is 23.4 Å². The van der Waals surface area contributed by atoms with Gasteiger partial charge in [-0.1, -0.05) is 12.1 Å². The molecule has 1 atom stereocenters. The van der Waals surface area contributed by atoms with Gasteiger partial charge in [-0.15, -0.1) is 0 Å². The average molecular weight is 432 g/mol. The number of likely N-dealkylation sites (tertiary alicyclic amines) is 2. The predicted molar refractivity (Wildman–Crippen MR) is 123 cm³/mol. The molecule has 0 N–H and O–H groups in total. The Morgan fingerprint density at radius 1 is 0.906 bits per heavy atom. The van der Waals surface area contributed by atoms with E-state index in [9.17, 15) is 14.4 Å². The number of hydrogen-bond acceptors (Lipinski definition) is 4. The molecule has 3 aliphatic rings. The third-order valence-corrected chi connectivity index (χ3v) is 7.04. The smallest absolute Gasteiger partial charge is 0.266 e. The van der Waals surface area contributed by atoms with E-state index in [0.29, 0.717) is 22.4 Å². The van der Waals surface area contributed by atoms with E-state index in [0.717, 1.165) is 50.1 Å². The minimum Gasteiger partial charge on any atom is -0.334 e. The Morgan fingerprint density at radius 3 is 2.44 bits per heavy atom. The molecule has 0 aromatic heterocycles. The van der Waals surface area contributed by atoms with E-state index >= 15 is 0 Å². The highest BCUT2D eigenvalue weighted by molar-refractivity contribution is 6.35. The number of amides is 3. The number of carbonyl (C=O) groups excluding carboxylic acids is 3. The Morgan fingerprint density at radius 2 is 1.66 bits per heavy atom. The Kier molecular flexibility index (Phi) is 5.33. The van der Waals surface area contributed by atoms with E-state index in [1.54, 1.807) is 18.2 Å². The van der Waals surface area contributed by atoms with Gasteiger partial charge in [-0.05, 0) is 88.0 Å². The Bertz CT molecular complexity index is 1100. The van der Waals surface area contributed by atoms with Crippen LogP contribution >= 0.6 is 0 Å². The van der Waals surface area contributed by atoms with Gasteiger partial charge in [0.1, 0.15) is 0 Å².